The second kappa shape index (κ2) is 6.88. The Morgan fingerprint density at radius 3 is 2.88 bits per heavy atom. The van der Waals surface area contributed by atoms with E-state index >= 15 is 0 Å². The van der Waals surface area contributed by atoms with Gasteiger partial charge >= 0.3 is 0 Å². The molecule has 0 unspecified atom stereocenters. The molecule has 0 fully saturated rings. The van der Waals surface area contributed by atoms with Crippen molar-refractivity contribution in [2.45, 2.75) is 6.54 Å². The van der Waals surface area contributed by atoms with Crippen LogP contribution in [0.4, 0.5) is 5.69 Å². The fraction of sp³-hybridized carbons (Fsp3) is 0.400. The lowest BCUT2D eigenvalue weighted by atomic mass is 10.2. The van der Waals surface area contributed by atoms with E-state index in [4.69, 9.17) is 0 Å². The molecule has 0 heterocycles. The molecule has 0 aliphatic rings. The number of nitrogens with one attached hydrogen (secondary N) is 1. The first kappa shape index (κ1) is 13.5. The summed E-state index contributed by atoms with van der Waals surface area (Å²) < 4.78 is 0.739. The molecule has 0 saturated carbocycles. The molecule has 6 heteroatoms. The highest BCUT2D eigenvalue weighted by Crippen LogP contribution is 2.21. The highest BCUT2D eigenvalue weighted by Gasteiger charge is 2.08. The second-order valence-corrected chi connectivity index (χ2v) is 5.15. The number of nitrogens with zero attached hydrogens (tertiary/aromatic N) is 1. The van der Waals surface area contributed by atoms with Crippen molar-refractivity contribution in [2.24, 2.45) is 0 Å². The predicted molar refractivity (Wildman–Crippen MR) is 70.9 cm³/mol. The summed E-state index contributed by atoms with van der Waals surface area (Å²) in [6, 6.07) is 4.99. The summed E-state index contributed by atoms with van der Waals surface area (Å²) in [4.78, 5) is 10.3. The lowest BCUT2D eigenvalue weighted by Crippen LogP contribution is -2.16. The number of non-ortho nitro benzene ring substituents is 1. The predicted octanol–water partition coefficient (Wildman–Crippen LogP) is 2.81. The molecule has 1 aromatic carbocycles. The smallest absolute Gasteiger partial charge is 0.270 e. The Bertz CT molecular complexity index is 374. The van der Waals surface area contributed by atoms with Gasteiger partial charge in [-0.05, 0) is 17.9 Å². The van der Waals surface area contributed by atoms with Gasteiger partial charge < -0.3 is 5.32 Å². The zero-order chi connectivity index (χ0) is 12.0. The molecule has 0 bridgehead atoms. The molecule has 88 valence electrons. The molecule has 0 aliphatic heterocycles. The van der Waals surface area contributed by atoms with Crippen LogP contribution in [-0.4, -0.2) is 23.5 Å². The Labute approximate surface area is 107 Å². The number of nitro benzene ring substituents is 1. The van der Waals surface area contributed by atoms with Crippen molar-refractivity contribution >= 4 is 33.4 Å². The van der Waals surface area contributed by atoms with Gasteiger partial charge in [-0.3, -0.25) is 10.1 Å². The summed E-state index contributed by atoms with van der Waals surface area (Å²) in [7, 11) is 0. The summed E-state index contributed by atoms with van der Waals surface area (Å²) >= 11 is 5.04. The summed E-state index contributed by atoms with van der Waals surface area (Å²) in [5.74, 6) is 1.04. The van der Waals surface area contributed by atoms with E-state index in [0.29, 0.717) is 6.54 Å². The Hall–Kier alpha value is -0.590. The van der Waals surface area contributed by atoms with Gasteiger partial charge in [0.2, 0.25) is 0 Å². The Morgan fingerprint density at radius 2 is 2.25 bits per heavy atom. The molecule has 1 rings (SSSR count). The number of rotatable bonds is 6. The monoisotopic (exact) mass is 304 g/mol. The topological polar surface area (TPSA) is 55.2 Å². The van der Waals surface area contributed by atoms with E-state index in [-0.39, 0.29) is 10.6 Å². The van der Waals surface area contributed by atoms with Crippen LogP contribution in [0.2, 0.25) is 0 Å². The molecule has 0 spiro atoms. The molecule has 1 N–H and O–H groups in total. The van der Waals surface area contributed by atoms with E-state index in [1.54, 1.807) is 17.8 Å². The number of thioether (sulfide) groups is 1. The van der Waals surface area contributed by atoms with Gasteiger partial charge in [0.15, 0.2) is 0 Å². The third-order valence-corrected chi connectivity index (χ3v) is 3.04. The van der Waals surface area contributed by atoms with Crippen LogP contribution in [0.1, 0.15) is 5.56 Å². The van der Waals surface area contributed by atoms with Crippen LogP contribution in [0, 0.1) is 10.1 Å². The van der Waals surface area contributed by atoms with Crippen LogP contribution in [0.3, 0.4) is 0 Å². The minimum absolute atomic E-state index is 0.121. The second-order valence-electron chi connectivity index (χ2n) is 3.24. The first-order chi connectivity index (χ1) is 7.63. The average Bonchev–Trinajstić information content (AvgIpc) is 2.23. The third kappa shape index (κ3) is 4.51. The maximum atomic E-state index is 10.6. The fourth-order valence-electron chi connectivity index (χ4n) is 1.25. The highest BCUT2D eigenvalue weighted by atomic mass is 79.9. The molecular weight excluding hydrogens is 292 g/mol. The SMILES string of the molecule is CSCCNCc1cc(Br)cc([N+](=O)[O-])c1. The first-order valence-corrected chi connectivity index (χ1v) is 6.95. The van der Waals surface area contributed by atoms with E-state index in [0.717, 1.165) is 22.3 Å². The zero-order valence-electron chi connectivity index (χ0n) is 8.90. The molecule has 16 heavy (non-hydrogen) atoms. The Kier molecular flexibility index (Phi) is 5.79. The number of nitro groups is 1. The Balaban J connectivity index is 2.62. The van der Waals surface area contributed by atoms with E-state index < -0.39 is 0 Å². The number of hydrogen-bond donors (Lipinski definition) is 1. The minimum atomic E-state index is -0.379. The van der Waals surface area contributed by atoms with Crippen LogP contribution in [-0.2, 0) is 6.54 Å². The van der Waals surface area contributed by atoms with Crippen molar-refractivity contribution in [1.29, 1.82) is 0 Å². The van der Waals surface area contributed by atoms with Gasteiger partial charge in [0.1, 0.15) is 0 Å². The van der Waals surface area contributed by atoms with Crippen LogP contribution in [0.25, 0.3) is 0 Å². The highest BCUT2D eigenvalue weighted by molar-refractivity contribution is 9.10. The van der Waals surface area contributed by atoms with Crippen LogP contribution < -0.4 is 5.32 Å². The fourth-order valence-corrected chi connectivity index (χ4v) is 2.12. The molecule has 4 nitrogen and oxygen atoms in total. The number of hydrogen-bond acceptors (Lipinski definition) is 4. The van der Waals surface area contributed by atoms with Crippen molar-refractivity contribution in [3.63, 3.8) is 0 Å². The molecule has 0 aromatic heterocycles. The van der Waals surface area contributed by atoms with Crippen molar-refractivity contribution in [3.05, 3.63) is 38.3 Å². The maximum Gasteiger partial charge on any atom is 0.270 e. The molecule has 1 aromatic rings. The van der Waals surface area contributed by atoms with Gasteiger partial charge in [0.05, 0.1) is 4.92 Å². The van der Waals surface area contributed by atoms with Gasteiger partial charge in [-0.2, -0.15) is 11.8 Å². The molecule has 0 saturated heterocycles. The van der Waals surface area contributed by atoms with E-state index in [2.05, 4.69) is 21.2 Å². The van der Waals surface area contributed by atoms with Gasteiger partial charge in [0.25, 0.3) is 5.69 Å². The van der Waals surface area contributed by atoms with Crippen LogP contribution >= 0.6 is 27.7 Å². The number of halogens is 1. The summed E-state index contributed by atoms with van der Waals surface area (Å²) in [6.45, 7) is 1.56. The van der Waals surface area contributed by atoms with Crippen LogP contribution in [0.5, 0.6) is 0 Å². The van der Waals surface area contributed by atoms with E-state index in [1.807, 2.05) is 12.3 Å². The number of benzene rings is 1. The van der Waals surface area contributed by atoms with Crippen molar-refractivity contribution in [1.82, 2.24) is 5.32 Å². The standard InChI is InChI=1S/C10H13BrN2O2S/c1-16-3-2-12-7-8-4-9(11)6-10(5-8)13(14)15/h4-6,12H,2-3,7H2,1H3. The van der Waals surface area contributed by atoms with Gasteiger partial charge in [-0.15, -0.1) is 0 Å². The Morgan fingerprint density at radius 1 is 1.50 bits per heavy atom. The van der Waals surface area contributed by atoms with Crippen LogP contribution in [0.15, 0.2) is 22.7 Å². The molecular formula is C10H13BrN2O2S. The largest absolute Gasteiger partial charge is 0.312 e. The third-order valence-electron chi connectivity index (χ3n) is 1.97. The van der Waals surface area contributed by atoms with E-state index in [1.165, 1.54) is 6.07 Å². The molecule has 0 aliphatic carbocycles. The molecule has 0 radical (unpaired) electrons. The first-order valence-electron chi connectivity index (χ1n) is 4.77. The summed E-state index contributed by atoms with van der Waals surface area (Å²) in [6.07, 6.45) is 2.05. The van der Waals surface area contributed by atoms with Crippen molar-refractivity contribution in [3.8, 4) is 0 Å². The van der Waals surface area contributed by atoms with E-state index in [9.17, 15) is 10.1 Å². The zero-order valence-corrected chi connectivity index (χ0v) is 11.3. The minimum Gasteiger partial charge on any atom is -0.312 e. The molecule has 0 atom stereocenters. The van der Waals surface area contributed by atoms with Crippen molar-refractivity contribution < 1.29 is 4.92 Å². The van der Waals surface area contributed by atoms with Gasteiger partial charge in [-0.25, -0.2) is 0 Å². The normalized spacial score (nSPS) is 10.4. The average molecular weight is 305 g/mol. The maximum absolute atomic E-state index is 10.6. The quantitative estimate of drug-likeness (QED) is 0.499. The van der Waals surface area contributed by atoms with Gasteiger partial charge in [-0.1, -0.05) is 15.9 Å². The summed E-state index contributed by atoms with van der Waals surface area (Å²) in [5.41, 5.74) is 1.04. The molecule has 0 amide bonds. The van der Waals surface area contributed by atoms with Gasteiger partial charge in [0, 0.05) is 35.4 Å². The van der Waals surface area contributed by atoms with Crippen molar-refractivity contribution in [2.75, 3.05) is 18.6 Å². The summed E-state index contributed by atoms with van der Waals surface area (Å²) in [5, 5.41) is 13.9. The lowest BCUT2D eigenvalue weighted by molar-refractivity contribution is -0.385. The lowest BCUT2D eigenvalue weighted by Gasteiger charge is -2.04.